The van der Waals surface area contributed by atoms with Gasteiger partial charge >= 0.3 is 0 Å². The first kappa shape index (κ1) is 15.5. The summed E-state index contributed by atoms with van der Waals surface area (Å²) in [5.74, 6) is 0.506. The average Bonchev–Trinajstić information content (AvgIpc) is 2.48. The molecule has 0 unspecified atom stereocenters. The Morgan fingerprint density at radius 2 is 1.86 bits per heavy atom. The van der Waals surface area contributed by atoms with Crippen LogP contribution in [-0.4, -0.2) is 6.54 Å². The molecule has 0 heterocycles. The lowest BCUT2D eigenvalue weighted by molar-refractivity contribution is 0.301. The lowest BCUT2D eigenvalue weighted by Crippen LogP contribution is -2.15. The van der Waals surface area contributed by atoms with Crippen molar-refractivity contribution in [2.75, 3.05) is 6.54 Å². The number of benzene rings is 2. The van der Waals surface area contributed by atoms with Gasteiger partial charge in [-0.3, -0.25) is 0 Å². The molecule has 0 aliphatic rings. The summed E-state index contributed by atoms with van der Waals surface area (Å²) in [5, 5.41) is 3.28. The largest absolute Gasteiger partial charge is 0.489 e. The first-order valence-electron chi connectivity index (χ1n) is 7.36. The molecule has 2 aromatic rings. The summed E-state index contributed by atoms with van der Waals surface area (Å²) in [6.45, 7) is 6.19. The second kappa shape index (κ2) is 7.79. The van der Waals surface area contributed by atoms with Crippen molar-refractivity contribution in [3.8, 4) is 5.75 Å². The molecule has 2 aromatic carbocycles. The van der Waals surface area contributed by atoms with Gasteiger partial charge in [-0.05, 0) is 43.7 Å². The van der Waals surface area contributed by atoms with Crippen molar-refractivity contribution in [2.24, 2.45) is 0 Å². The van der Waals surface area contributed by atoms with Gasteiger partial charge in [0.1, 0.15) is 18.2 Å². The third-order valence-electron chi connectivity index (χ3n) is 3.28. The summed E-state index contributed by atoms with van der Waals surface area (Å²) in [7, 11) is 0. The van der Waals surface area contributed by atoms with Crippen LogP contribution in [0.2, 0.25) is 0 Å². The van der Waals surface area contributed by atoms with E-state index in [0.717, 1.165) is 29.8 Å². The van der Waals surface area contributed by atoms with Gasteiger partial charge in [0.15, 0.2) is 0 Å². The van der Waals surface area contributed by atoms with Crippen LogP contribution in [0.5, 0.6) is 5.75 Å². The van der Waals surface area contributed by atoms with E-state index in [-0.39, 0.29) is 5.82 Å². The predicted octanol–water partition coefficient (Wildman–Crippen LogP) is 4.21. The van der Waals surface area contributed by atoms with Crippen LogP contribution in [0.15, 0.2) is 42.5 Å². The molecule has 112 valence electrons. The molecule has 2 nitrogen and oxygen atoms in total. The van der Waals surface area contributed by atoms with Crippen molar-refractivity contribution in [1.82, 2.24) is 5.32 Å². The molecule has 0 fully saturated rings. The van der Waals surface area contributed by atoms with Crippen LogP contribution in [0.3, 0.4) is 0 Å². The molecule has 0 radical (unpaired) electrons. The van der Waals surface area contributed by atoms with Crippen LogP contribution < -0.4 is 10.1 Å². The van der Waals surface area contributed by atoms with Gasteiger partial charge in [0, 0.05) is 12.1 Å². The Kier molecular flexibility index (Phi) is 5.76. The van der Waals surface area contributed by atoms with Gasteiger partial charge in [-0.15, -0.1) is 0 Å². The lowest BCUT2D eigenvalue weighted by Gasteiger charge is -2.12. The molecule has 0 saturated carbocycles. The van der Waals surface area contributed by atoms with Gasteiger partial charge < -0.3 is 10.1 Å². The summed E-state index contributed by atoms with van der Waals surface area (Å²) in [6.07, 6.45) is 1.05. The van der Waals surface area contributed by atoms with Gasteiger partial charge in [0.25, 0.3) is 0 Å². The molecular weight excluding hydrogens is 265 g/mol. The van der Waals surface area contributed by atoms with Crippen LogP contribution in [0, 0.1) is 12.7 Å². The van der Waals surface area contributed by atoms with Crippen molar-refractivity contribution in [3.63, 3.8) is 0 Å². The van der Waals surface area contributed by atoms with Crippen molar-refractivity contribution in [1.29, 1.82) is 0 Å². The van der Waals surface area contributed by atoms with E-state index in [1.165, 1.54) is 17.7 Å². The molecule has 2 rings (SSSR count). The van der Waals surface area contributed by atoms with E-state index >= 15 is 0 Å². The molecule has 0 saturated heterocycles. The maximum Gasteiger partial charge on any atom is 0.124 e. The Morgan fingerprint density at radius 1 is 1.10 bits per heavy atom. The Labute approximate surface area is 126 Å². The van der Waals surface area contributed by atoms with E-state index in [4.69, 9.17) is 4.74 Å². The predicted molar refractivity (Wildman–Crippen MR) is 83.9 cm³/mol. The van der Waals surface area contributed by atoms with Gasteiger partial charge in [-0.25, -0.2) is 4.39 Å². The molecule has 0 amide bonds. The molecule has 21 heavy (non-hydrogen) atoms. The van der Waals surface area contributed by atoms with E-state index < -0.39 is 0 Å². The van der Waals surface area contributed by atoms with E-state index in [2.05, 4.69) is 31.3 Å². The number of nitrogens with one attached hydrogen (secondary N) is 1. The van der Waals surface area contributed by atoms with Crippen molar-refractivity contribution >= 4 is 0 Å². The molecule has 1 N–H and O–H groups in total. The summed E-state index contributed by atoms with van der Waals surface area (Å²) in [4.78, 5) is 0. The zero-order valence-electron chi connectivity index (χ0n) is 12.7. The fraction of sp³-hybridized carbons (Fsp3) is 0.333. The normalized spacial score (nSPS) is 10.6. The van der Waals surface area contributed by atoms with E-state index in [1.807, 2.05) is 12.1 Å². The smallest absolute Gasteiger partial charge is 0.124 e. The number of rotatable bonds is 7. The van der Waals surface area contributed by atoms with Crippen LogP contribution in [0.4, 0.5) is 4.39 Å². The van der Waals surface area contributed by atoms with Crippen LogP contribution in [0.1, 0.15) is 30.0 Å². The van der Waals surface area contributed by atoms with Crippen molar-refractivity contribution in [2.45, 2.75) is 33.4 Å². The fourth-order valence-electron chi connectivity index (χ4n) is 2.07. The quantitative estimate of drug-likeness (QED) is 0.770. The number of hydrogen-bond donors (Lipinski definition) is 1. The molecule has 0 bridgehead atoms. The molecule has 0 aromatic heterocycles. The Morgan fingerprint density at radius 3 is 2.57 bits per heavy atom. The zero-order chi connectivity index (χ0) is 15.1. The number of halogens is 1. The molecule has 0 spiro atoms. The van der Waals surface area contributed by atoms with E-state index in [1.54, 1.807) is 6.07 Å². The highest BCUT2D eigenvalue weighted by Gasteiger charge is 2.06. The Bertz CT molecular complexity index is 566. The lowest BCUT2D eigenvalue weighted by atomic mass is 10.1. The number of ether oxygens (including phenoxy) is 1. The van der Waals surface area contributed by atoms with E-state index in [0.29, 0.717) is 13.2 Å². The van der Waals surface area contributed by atoms with Crippen molar-refractivity contribution in [3.05, 3.63) is 65.0 Å². The van der Waals surface area contributed by atoms with Crippen LogP contribution >= 0.6 is 0 Å². The van der Waals surface area contributed by atoms with Crippen LogP contribution in [0.25, 0.3) is 0 Å². The summed E-state index contributed by atoms with van der Waals surface area (Å²) >= 11 is 0. The van der Waals surface area contributed by atoms with Crippen LogP contribution in [-0.2, 0) is 13.2 Å². The Hall–Kier alpha value is -1.87. The Balaban J connectivity index is 2.02. The molecule has 0 aliphatic carbocycles. The maximum absolute atomic E-state index is 13.4. The number of hydrogen-bond acceptors (Lipinski definition) is 2. The minimum absolute atomic E-state index is 0.231. The van der Waals surface area contributed by atoms with Gasteiger partial charge in [-0.2, -0.15) is 0 Å². The van der Waals surface area contributed by atoms with Crippen molar-refractivity contribution < 1.29 is 9.13 Å². The second-order valence-corrected chi connectivity index (χ2v) is 5.20. The van der Waals surface area contributed by atoms with Gasteiger partial charge in [0.2, 0.25) is 0 Å². The SMILES string of the molecule is CCCNCc1cc(F)ccc1OCc1ccc(C)cc1. The first-order valence-corrected chi connectivity index (χ1v) is 7.36. The summed E-state index contributed by atoms with van der Waals surface area (Å²) in [5.41, 5.74) is 3.19. The standard InChI is InChI=1S/C18H22FNO/c1-3-10-20-12-16-11-17(19)8-9-18(16)21-13-15-6-4-14(2)5-7-15/h4-9,11,20H,3,10,12-13H2,1-2H3. The highest BCUT2D eigenvalue weighted by atomic mass is 19.1. The monoisotopic (exact) mass is 287 g/mol. The summed E-state index contributed by atoms with van der Waals surface area (Å²) in [6, 6.07) is 12.9. The molecule has 0 atom stereocenters. The topological polar surface area (TPSA) is 21.3 Å². The highest BCUT2D eigenvalue weighted by Crippen LogP contribution is 2.21. The molecular formula is C18H22FNO. The number of aryl methyl sites for hydroxylation is 1. The molecule has 3 heteroatoms. The zero-order valence-corrected chi connectivity index (χ0v) is 12.7. The van der Waals surface area contributed by atoms with Gasteiger partial charge in [-0.1, -0.05) is 36.8 Å². The fourth-order valence-corrected chi connectivity index (χ4v) is 2.07. The maximum atomic E-state index is 13.4. The third-order valence-corrected chi connectivity index (χ3v) is 3.28. The third kappa shape index (κ3) is 4.87. The average molecular weight is 287 g/mol. The van der Waals surface area contributed by atoms with E-state index in [9.17, 15) is 4.39 Å². The second-order valence-electron chi connectivity index (χ2n) is 5.20. The minimum atomic E-state index is -0.231. The van der Waals surface area contributed by atoms with Gasteiger partial charge in [0.05, 0.1) is 0 Å². The minimum Gasteiger partial charge on any atom is -0.489 e. The molecule has 0 aliphatic heterocycles. The first-order chi connectivity index (χ1) is 10.2. The highest BCUT2D eigenvalue weighted by molar-refractivity contribution is 5.34. The summed E-state index contributed by atoms with van der Waals surface area (Å²) < 4.78 is 19.2.